The van der Waals surface area contributed by atoms with E-state index in [0.29, 0.717) is 12.0 Å². The highest BCUT2D eigenvalue weighted by Gasteiger charge is 2.12. The summed E-state index contributed by atoms with van der Waals surface area (Å²) < 4.78 is 44.8. The first-order valence-corrected chi connectivity index (χ1v) is 13.1. The summed E-state index contributed by atoms with van der Waals surface area (Å²) >= 11 is 0. The van der Waals surface area contributed by atoms with Crippen LogP contribution in [0.3, 0.4) is 0 Å². The molecule has 0 atom stereocenters. The Morgan fingerprint density at radius 3 is 1.52 bits per heavy atom. The van der Waals surface area contributed by atoms with Gasteiger partial charge in [0.25, 0.3) is 10.1 Å². The van der Waals surface area contributed by atoms with Crippen LogP contribution in [0.4, 0.5) is 4.39 Å². The van der Waals surface area contributed by atoms with E-state index in [4.69, 9.17) is 4.55 Å². The van der Waals surface area contributed by atoms with Gasteiger partial charge in [-0.25, -0.2) is 4.39 Å². The predicted molar refractivity (Wildman–Crippen MR) is 119 cm³/mol. The van der Waals surface area contributed by atoms with Gasteiger partial charge in [-0.05, 0) is 30.5 Å². The Bertz CT molecular complexity index is 644. The Morgan fingerprint density at radius 2 is 1.14 bits per heavy atom. The van der Waals surface area contributed by atoms with Crippen molar-refractivity contribution in [1.29, 1.82) is 0 Å². The minimum Gasteiger partial charge on any atom is -0.282 e. The van der Waals surface area contributed by atoms with Crippen LogP contribution in [0.2, 0.25) is 0 Å². The number of halogens is 1. The number of rotatable bonds is 18. The summed E-state index contributed by atoms with van der Waals surface area (Å²) in [6, 6.07) is 3.63. The molecule has 5 heteroatoms. The third-order valence-corrected chi connectivity index (χ3v) is 6.47. The molecule has 0 saturated heterocycles. The first kappa shape index (κ1) is 26.1. The highest BCUT2D eigenvalue weighted by molar-refractivity contribution is 7.85. The van der Waals surface area contributed by atoms with Crippen LogP contribution in [-0.4, -0.2) is 13.0 Å². The molecule has 0 amide bonds. The Hall–Kier alpha value is -0.940. The second-order valence-electron chi connectivity index (χ2n) is 8.28. The lowest BCUT2D eigenvalue weighted by atomic mass is 10.0. The van der Waals surface area contributed by atoms with E-state index in [9.17, 15) is 12.8 Å². The van der Waals surface area contributed by atoms with Crippen LogP contribution in [0, 0.1) is 5.82 Å². The SMILES string of the molecule is CCCCCCCCCCCCCCCCCCc1ccc(S(=O)(=O)O)cc1F. The highest BCUT2D eigenvalue weighted by atomic mass is 32.2. The van der Waals surface area contributed by atoms with E-state index in [-0.39, 0.29) is 4.90 Å². The lowest BCUT2D eigenvalue weighted by Gasteiger charge is -2.06. The van der Waals surface area contributed by atoms with Crippen molar-refractivity contribution in [3.63, 3.8) is 0 Å². The van der Waals surface area contributed by atoms with E-state index in [1.54, 1.807) is 0 Å². The van der Waals surface area contributed by atoms with Crippen LogP contribution in [0.1, 0.15) is 115 Å². The molecule has 1 rings (SSSR count). The standard InChI is InChI=1S/C24H41FO3S/c1-2-3-4-5-6-7-8-9-10-11-12-13-14-15-16-17-18-22-19-20-23(21-24(22)25)29(26,27)28/h19-21H,2-18H2,1H3,(H,26,27,28). The second-order valence-corrected chi connectivity index (χ2v) is 9.70. The summed E-state index contributed by atoms with van der Waals surface area (Å²) in [5.41, 5.74) is 0.516. The largest absolute Gasteiger partial charge is 0.294 e. The maximum absolute atomic E-state index is 13.9. The molecule has 3 nitrogen and oxygen atoms in total. The van der Waals surface area contributed by atoms with Gasteiger partial charge in [-0.15, -0.1) is 0 Å². The summed E-state index contributed by atoms with van der Waals surface area (Å²) in [5.74, 6) is -0.555. The molecule has 0 spiro atoms. The van der Waals surface area contributed by atoms with Gasteiger partial charge < -0.3 is 0 Å². The molecular formula is C24H41FO3S. The van der Waals surface area contributed by atoms with Crippen LogP contribution in [0.25, 0.3) is 0 Å². The van der Waals surface area contributed by atoms with Crippen molar-refractivity contribution in [1.82, 2.24) is 0 Å². The summed E-state index contributed by atoms with van der Waals surface area (Å²) in [6.45, 7) is 2.26. The van der Waals surface area contributed by atoms with Gasteiger partial charge in [-0.1, -0.05) is 109 Å². The van der Waals surface area contributed by atoms with Crippen molar-refractivity contribution in [2.75, 3.05) is 0 Å². The molecule has 0 bridgehead atoms. The fourth-order valence-electron chi connectivity index (χ4n) is 3.75. The average Bonchev–Trinajstić information content (AvgIpc) is 2.68. The molecular weight excluding hydrogens is 387 g/mol. The van der Waals surface area contributed by atoms with E-state index in [0.717, 1.165) is 18.9 Å². The quantitative estimate of drug-likeness (QED) is 0.191. The van der Waals surface area contributed by atoms with Crippen molar-refractivity contribution in [3.8, 4) is 0 Å². The van der Waals surface area contributed by atoms with Gasteiger partial charge in [0.15, 0.2) is 0 Å². The summed E-state index contributed by atoms with van der Waals surface area (Å²) in [4.78, 5) is -0.384. The molecule has 0 aromatic heterocycles. The van der Waals surface area contributed by atoms with Crippen molar-refractivity contribution in [3.05, 3.63) is 29.6 Å². The molecule has 1 aromatic carbocycles. The third kappa shape index (κ3) is 13.1. The Kier molecular flexibility index (Phi) is 14.3. The molecule has 0 heterocycles. The van der Waals surface area contributed by atoms with Crippen LogP contribution in [0.15, 0.2) is 23.1 Å². The number of aryl methyl sites for hydroxylation is 1. The van der Waals surface area contributed by atoms with Crippen LogP contribution < -0.4 is 0 Å². The van der Waals surface area contributed by atoms with E-state index in [1.807, 2.05) is 0 Å². The van der Waals surface area contributed by atoms with Crippen LogP contribution in [0.5, 0.6) is 0 Å². The average molecular weight is 429 g/mol. The molecule has 29 heavy (non-hydrogen) atoms. The zero-order valence-electron chi connectivity index (χ0n) is 18.3. The van der Waals surface area contributed by atoms with Crippen molar-refractivity contribution >= 4 is 10.1 Å². The van der Waals surface area contributed by atoms with Gasteiger partial charge in [-0.2, -0.15) is 8.42 Å². The molecule has 0 aliphatic heterocycles. The Labute approximate surface area is 178 Å². The lowest BCUT2D eigenvalue weighted by Crippen LogP contribution is -2.00. The zero-order chi connectivity index (χ0) is 21.4. The van der Waals surface area contributed by atoms with E-state index in [1.165, 1.54) is 102 Å². The maximum atomic E-state index is 13.9. The molecule has 0 aliphatic carbocycles. The summed E-state index contributed by atoms with van der Waals surface area (Å²) in [7, 11) is -4.33. The lowest BCUT2D eigenvalue weighted by molar-refractivity contribution is 0.481. The van der Waals surface area contributed by atoms with Crippen molar-refractivity contribution in [2.24, 2.45) is 0 Å². The van der Waals surface area contributed by atoms with Crippen molar-refractivity contribution in [2.45, 2.75) is 121 Å². The van der Waals surface area contributed by atoms with Crippen molar-refractivity contribution < 1.29 is 17.4 Å². The number of hydrogen-bond acceptors (Lipinski definition) is 2. The van der Waals surface area contributed by atoms with Gasteiger partial charge >= 0.3 is 0 Å². The fourth-order valence-corrected chi connectivity index (χ4v) is 4.25. The van der Waals surface area contributed by atoms with Gasteiger partial charge in [0.05, 0.1) is 4.90 Å². The van der Waals surface area contributed by atoms with Gasteiger partial charge in [0.1, 0.15) is 5.82 Å². The molecule has 0 unspecified atom stereocenters. The number of hydrogen-bond donors (Lipinski definition) is 1. The van der Waals surface area contributed by atoms with Gasteiger partial charge in [-0.3, -0.25) is 4.55 Å². The molecule has 0 fully saturated rings. The van der Waals surface area contributed by atoms with E-state index in [2.05, 4.69) is 6.92 Å². The molecule has 0 saturated carbocycles. The van der Waals surface area contributed by atoms with Gasteiger partial charge in [0.2, 0.25) is 0 Å². The van der Waals surface area contributed by atoms with E-state index >= 15 is 0 Å². The van der Waals surface area contributed by atoms with Gasteiger partial charge in [0, 0.05) is 0 Å². The molecule has 1 N–H and O–H groups in total. The fraction of sp³-hybridized carbons (Fsp3) is 0.750. The first-order chi connectivity index (χ1) is 13.9. The summed E-state index contributed by atoms with van der Waals surface area (Å²) in [6.07, 6.45) is 21.4. The second kappa shape index (κ2) is 15.8. The normalized spacial score (nSPS) is 11.8. The van der Waals surface area contributed by atoms with Crippen LogP contribution in [-0.2, 0) is 16.5 Å². The first-order valence-electron chi connectivity index (χ1n) is 11.7. The Balaban J connectivity index is 1.93. The predicted octanol–water partition coefficient (Wildman–Crippen LogP) is 7.88. The zero-order valence-corrected chi connectivity index (χ0v) is 19.1. The maximum Gasteiger partial charge on any atom is 0.294 e. The minimum atomic E-state index is -4.33. The number of benzene rings is 1. The molecule has 168 valence electrons. The highest BCUT2D eigenvalue weighted by Crippen LogP contribution is 2.18. The number of unbranched alkanes of at least 4 members (excludes halogenated alkanes) is 15. The molecule has 0 radical (unpaired) electrons. The minimum absolute atomic E-state index is 0.384. The topological polar surface area (TPSA) is 54.4 Å². The monoisotopic (exact) mass is 428 g/mol. The smallest absolute Gasteiger partial charge is 0.282 e. The molecule has 0 aliphatic rings. The summed E-state index contributed by atoms with van der Waals surface area (Å²) in [5, 5.41) is 0. The molecule has 1 aromatic rings. The third-order valence-electron chi connectivity index (χ3n) is 5.62. The van der Waals surface area contributed by atoms with E-state index < -0.39 is 15.9 Å². The Morgan fingerprint density at radius 1 is 0.724 bits per heavy atom. The van der Waals surface area contributed by atoms with Crippen LogP contribution >= 0.6 is 0 Å².